The quantitative estimate of drug-likeness (QED) is 0.720. The molecule has 0 unspecified atom stereocenters. The van der Waals surface area contributed by atoms with E-state index >= 15 is 0 Å². The van der Waals surface area contributed by atoms with Gasteiger partial charge in [0.05, 0.1) is 12.7 Å². The minimum atomic E-state index is -0.344. The summed E-state index contributed by atoms with van der Waals surface area (Å²) in [5.74, 6) is 0.625. The predicted molar refractivity (Wildman–Crippen MR) is 82.9 cm³/mol. The molecule has 0 aliphatic rings. The van der Waals surface area contributed by atoms with Crippen LogP contribution in [0.4, 0.5) is 5.69 Å². The third-order valence-electron chi connectivity index (χ3n) is 2.82. The summed E-state index contributed by atoms with van der Waals surface area (Å²) < 4.78 is 5.52. The molecule has 0 aromatic heterocycles. The minimum Gasteiger partial charge on any atom is -0.493 e. The highest BCUT2D eigenvalue weighted by Gasteiger charge is 2.13. The molecule has 1 rings (SSSR count). The second-order valence-corrected chi connectivity index (χ2v) is 5.67. The molecule has 1 amide bonds. The number of anilines is 1. The summed E-state index contributed by atoms with van der Waals surface area (Å²) in [6, 6.07) is 9.31. The molecular formula is C16H23N3O2. The number of nitrogens with two attached hydrogens (primary N) is 1. The van der Waals surface area contributed by atoms with E-state index in [1.807, 2.05) is 32.0 Å². The van der Waals surface area contributed by atoms with E-state index < -0.39 is 0 Å². The van der Waals surface area contributed by atoms with Crippen molar-refractivity contribution in [2.24, 2.45) is 5.73 Å². The fourth-order valence-electron chi connectivity index (χ4n) is 1.66. The Balaban J connectivity index is 2.45. The van der Waals surface area contributed by atoms with Crippen molar-refractivity contribution in [2.75, 3.05) is 11.9 Å². The van der Waals surface area contributed by atoms with Crippen LogP contribution in [0, 0.1) is 11.3 Å². The first-order valence-electron chi connectivity index (χ1n) is 7.09. The molecule has 0 saturated carbocycles. The molecule has 21 heavy (non-hydrogen) atoms. The predicted octanol–water partition coefficient (Wildman–Crippen LogP) is 2.83. The number of hydrogen-bond donors (Lipinski definition) is 2. The van der Waals surface area contributed by atoms with Gasteiger partial charge in [-0.15, -0.1) is 0 Å². The van der Waals surface area contributed by atoms with Crippen LogP contribution in [0.5, 0.6) is 5.75 Å². The maximum absolute atomic E-state index is 11.8. The van der Waals surface area contributed by atoms with Crippen LogP contribution in [0.15, 0.2) is 24.3 Å². The molecule has 0 heterocycles. The number of benzene rings is 1. The number of hydrogen-bond acceptors (Lipinski definition) is 4. The van der Waals surface area contributed by atoms with Crippen LogP contribution in [-0.2, 0) is 4.79 Å². The van der Waals surface area contributed by atoms with E-state index in [-0.39, 0.29) is 11.4 Å². The lowest BCUT2D eigenvalue weighted by atomic mass is 10.00. The van der Waals surface area contributed by atoms with Gasteiger partial charge in [0.15, 0.2) is 0 Å². The highest BCUT2D eigenvalue weighted by molar-refractivity contribution is 5.90. The maximum Gasteiger partial charge on any atom is 0.224 e. The van der Waals surface area contributed by atoms with Crippen molar-refractivity contribution >= 4 is 11.6 Å². The van der Waals surface area contributed by atoms with Crippen LogP contribution in [0.1, 0.15) is 39.5 Å². The molecule has 3 N–H and O–H groups in total. The van der Waals surface area contributed by atoms with Gasteiger partial charge in [0, 0.05) is 30.1 Å². The Morgan fingerprint density at radius 2 is 2.24 bits per heavy atom. The van der Waals surface area contributed by atoms with Gasteiger partial charge >= 0.3 is 0 Å². The molecule has 114 valence electrons. The lowest BCUT2D eigenvalue weighted by Crippen LogP contribution is -2.33. The van der Waals surface area contributed by atoms with Crippen molar-refractivity contribution < 1.29 is 9.53 Å². The van der Waals surface area contributed by atoms with Gasteiger partial charge in [0.25, 0.3) is 0 Å². The third-order valence-corrected chi connectivity index (χ3v) is 2.82. The van der Waals surface area contributed by atoms with Gasteiger partial charge in [-0.05, 0) is 38.8 Å². The molecule has 0 spiro atoms. The van der Waals surface area contributed by atoms with E-state index in [1.54, 1.807) is 6.07 Å². The molecule has 0 atom stereocenters. The van der Waals surface area contributed by atoms with Crippen LogP contribution < -0.4 is 15.8 Å². The summed E-state index contributed by atoms with van der Waals surface area (Å²) >= 11 is 0. The van der Waals surface area contributed by atoms with Gasteiger partial charge in [-0.25, -0.2) is 0 Å². The summed E-state index contributed by atoms with van der Waals surface area (Å²) in [5.41, 5.74) is 6.22. The van der Waals surface area contributed by atoms with Crippen molar-refractivity contribution in [2.45, 2.75) is 45.1 Å². The molecule has 5 heteroatoms. The number of nitrogens with one attached hydrogen (secondary N) is 1. The Kier molecular flexibility index (Phi) is 6.70. The number of nitrogens with zero attached hydrogens (tertiary/aromatic N) is 1. The molecule has 0 aliphatic carbocycles. The normalized spacial score (nSPS) is 10.8. The van der Waals surface area contributed by atoms with Crippen molar-refractivity contribution in [1.29, 1.82) is 5.26 Å². The molecule has 0 saturated heterocycles. The molecule has 1 aromatic rings. The average molecular weight is 289 g/mol. The number of ether oxygens (including phenoxy) is 1. The second-order valence-electron chi connectivity index (χ2n) is 5.67. The largest absolute Gasteiger partial charge is 0.493 e. The first-order chi connectivity index (χ1) is 9.90. The zero-order valence-electron chi connectivity index (χ0n) is 12.7. The number of carbonyl (C=O) groups is 1. The lowest BCUT2D eigenvalue weighted by molar-refractivity contribution is -0.116. The molecular weight excluding hydrogens is 266 g/mol. The van der Waals surface area contributed by atoms with Crippen molar-refractivity contribution in [3.63, 3.8) is 0 Å². The second kappa shape index (κ2) is 8.28. The van der Waals surface area contributed by atoms with Gasteiger partial charge < -0.3 is 15.8 Å². The summed E-state index contributed by atoms with van der Waals surface area (Å²) in [6.45, 7) is 4.29. The standard InChI is InChI=1S/C16H23N3O2/c1-16(2,18)9-8-15(20)19-13-6-5-7-14(12-13)21-11-4-3-10-17/h5-7,12H,3-4,8-9,11,18H2,1-2H3,(H,19,20). The van der Waals surface area contributed by atoms with Gasteiger partial charge in [-0.1, -0.05) is 6.07 Å². The highest BCUT2D eigenvalue weighted by Crippen LogP contribution is 2.18. The SMILES string of the molecule is CC(C)(N)CCC(=O)Nc1cccc(OCCCC#N)c1. The number of amides is 1. The Morgan fingerprint density at radius 1 is 1.48 bits per heavy atom. The maximum atomic E-state index is 11.8. The summed E-state index contributed by atoms with van der Waals surface area (Å²) in [7, 11) is 0. The smallest absolute Gasteiger partial charge is 0.224 e. The first kappa shape index (κ1) is 17.0. The van der Waals surface area contributed by atoms with Gasteiger partial charge in [0.2, 0.25) is 5.91 Å². The van der Waals surface area contributed by atoms with Crippen molar-refractivity contribution in [3.05, 3.63) is 24.3 Å². The number of carbonyl (C=O) groups excluding carboxylic acids is 1. The third kappa shape index (κ3) is 7.95. The number of nitriles is 1. The minimum absolute atomic E-state index is 0.0600. The summed E-state index contributed by atoms with van der Waals surface area (Å²) in [6.07, 6.45) is 2.18. The van der Waals surface area contributed by atoms with Crippen LogP contribution in [0.25, 0.3) is 0 Å². The van der Waals surface area contributed by atoms with Crippen LogP contribution in [0.3, 0.4) is 0 Å². The number of unbranched alkanes of at least 4 members (excludes halogenated alkanes) is 1. The van der Waals surface area contributed by atoms with Crippen LogP contribution in [-0.4, -0.2) is 18.1 Å². The molecule has 0 bridgehead atoms. The van der Waals surface area contributed by atoms with Crippen molar-refractivity contribution in [1.82, 2.24) is 0 Å². The van der Waals surface area contributed by atoms with E-state index in [2.05, 4.69) is 11.4 Å². The Morgan fingerprint density at radius 3 is 2.90 bits per heavy atom. The van der Waals surface area contributed by atoms with Gasteiger partial charge in [-0.3, -0.25) is 4.79 Å². The average Bonchev–Trinajstić information content (AvgIpc) is 2.41. The fraction of sp³-hybridized carbons (Fsp3) is 0.500. The summed E-state index contributed by atoms with van der Waals surface area (Å²) in [5, 5.41) is 11.3. The molecule has 0 fully saturated rings. The van der Waals surface area contributed by atoms with E-state index in [0.29, 0.717) is 43.7 Å². The zero-order chi connectivity index (χ0) is 15.7. The number of rotatable bonds is 8. The van der Waals surface area contributed by atoms with Crippen LogP contribution >= 0.6 is 0 Å². The van der Waals surface area contributed by atoms with Crippen LogP contribution in [0.2, 0.25) is 0 Å². The molecule has 1 aromatic carbocycles. The van der Waals surface area contributed by atoms with Gasteiger partial charge in [-0.2, -0.15) is 5.26 Å². The molecule has 0 radical (unpaired) electrons. The monoisotopic (exact) mass is 289 g/mol. The zero-order valence-corrected chi connectivity index (χ0v) is 12.7. The lowest BCUT2D eigenvalue weighted by Gasteiger charge is -2.17. The fourth-order valence-corrected chi connectivity index (χ4v) is 1.66. The molecule has 5 nitrogen and oxygen atoms in total. The Labute approximate surface area is 126 Å². The van der Waals surface area contributed by atoms with E-state index in [9.17, 15) is 4.79 Å². The topological polar surface area (TPSA) is 88.1 Å². The van der Waals surface area contributed by atoms with Gasteiger partial charge in [0.1, 0.15) is 5.75 Å². The van der Waals surface area contributed by atoms with Crippen molar-refractivity contribution in [3.8, 4) is 11.8 Å². The van der Waals surface area contributed by atoms with E-state index in [4.69, 9.17) is 15.7 Å². The summed E-state index contributed by atoms with van der Waals surface area (Å²) in [4.78, 5) is 11.8. The van der Waals surface area contributed by atoms with E-state index in [1.165, 1.54) is 0 Å². The Hall–Kier alpha value is -2.06. The van der Waals surface area contributed by atoms with E-state index in [0.717, 1.165) is 0 Å². The Bertz CT molecular complexity index is 501. The first-order valence-corrected chi connectivity index (χ1v) is 7.09. The molecule has 0 aliphatic heterocycles. The highest BCUT2D eigenvalue weighted by atomic mass is 16.5.